The minimum Gasteiger partial charge on any atom is -0.396 e. The van der Waals surface area contributed by atoms with Gasteiger partial charge in [0.15, 0.2) is 5.78 Å². The van der Waals surface area contributed by atoms with Gasteiger partial charge in [-0.15, -0.1) is 0 Å². The van der Waals surface area contributed by atoms with Gasteiger partial charge in [-0.2, -0.15) is 0 Å². The van der Waals surface area contributed by atoms with Gasteiger partial charge in [0.05, 0.1) is 6.85 Å². The molecule has 1 aromatic heterocycles. The largest absolute Gasteiger partial charge is 0.396 e. The number of rotatable bonds is 8. The fourth-order valence-electron chi connectivity index (χ4n) is 3.83. The minimum atomic E-state index is -0.423. The molecule has 0 saturated heterocycles. The van der Waals surface area contributed by atoms with Gasteiger partial charge in [-0.05, 0) is 48.1 Å². The Morgan fingerprint density at radius 2 is 1.76 bits per heavy atom. The zero-order valence-electron chi connectivity index (χ0n) is 21.5. The van der Waals surface area contributed by atoms with E-state index in [4.69, 9.17) is 12.0 Å². The van der Waals surface area contributed by atoms with E-state index >= 15 is 0 Å². The SMILES string of the molecule is [2H]c1c([2H])c([2H])c2c(c1[2H])c(C(=O)c1ccc(CC)c3ccccc13)c([2H])n2CCCCCO. The van der Waals surface area contributed by atoms with Crippen LogP contribution in [0.15, 0.2) is 66.7 Å². The quantitative estimate of drug-likeness (QED) is 0.307. The first-order valence-corrected chi connectivity index (χ1v) is 10.1. The van der Waals surface area contributed by atoms with Crippen LogP contribution in [0, 0.1) is 0 Å². The van der Waals surface area contributed by atoms with E-state index < -0.39 is 11.8 Å². The third kappa shape index (κ3) is 3.70. The van der Waals surface area contributed by atoms with Gasteiger partial charge in [-0.25, -0.2) is 0 Å². The molecule has 0 spiro atoms. The molecule has 148 valence electrons. The van der Waals surface area contributed by atoms with E-state index in [1.54, 1.807) is 6.07 Å². The summed E-state index contributed by atoms with van der Waals surface area (Å²) in [5.74, 6) is -0.423. The maximum Gasteiger partial charge on any atom is 0.195 e. The molecule has 3 nitrogen and oxygen atoms in total. The number of unbranched alkanes of at least 4 members (excludes halogenated alkanes) is 2. The van der Waals surface area contributed by atoms with E-state index in [0.29, 0.717) is 31.4 Å². The molecule has 4 aromatic rings. The van der Waals surface area contributed by atoms with Crippen LogP contribution in [0.1, 0.15) is 54.5 Å². The number of carbonyl (C=O) groups is 1. The topological polar surface area (TPSA) is 42.2 Å². The minimum absolute atomic E-state index is 0.00133. The van der Waals surface area contributed by atoms with Gasteiger partial charge in [0.2, 0.25) is 0 Å². The lowest BCUT2D eigenvalue weighted by atomic mass is 9.93. The highest BCUT2D eigenvalue weighted by molar-refractivity contribution is 6.21. The summed E-state index contributed by atoms with van der Waals surface area (Å²) in [4.78, 5) is 13.9. The molecular weight excluding hydrogens is 358 g/mol. The zero-order chi connectivity index (χ0) is 24.6. The normalized spacial score (nSPS) is 13.8. The number of hydrogen-bond donors (Lipinski definition) is 1. The molecule has 0 radical (unpaired) electrons. The molecule has 3 heteroatoms. The summed E-state index contributed by atoms with van der Waals surface area (Å²) < 4.78 is 43.7. The van der Waals surface area contributed by atoms with E-state index in [2.05, 4.69) is 0 Å². The van der Waals surface area contributed by atoms with Crippen molar-refractivity contribution in [1.82, 2.24) is 4.57 Å². The molecule has 0 aliphatic heterocycles. The third-order valence-electron chi connectivity index (χ3n) is 5.34. The van der Waals surface area contributed by atoms with Gasteiger partial charge in [0, 0.05) is 41.4 Å². The Morgan fingerprint density at radius 3 is 2.55 bits per heavy atom. The number of carbonyl (C=O) groups excluding carboxylic acids is 1. The number of hydrogen-bond acceptors (Lipinski definition) is 2. The molecule has 0 aliphatic carbocycles. The second-order valence-corrected chi connectivity index (χ2v) is 7.15. The van der Waals surface area contributed by atoms with Crippen LogP contribution in [-0.2, 0) is 13.0 Å². The lowest BCUT2D eigenvalue weighted by Gasteiger charge is -2.09. The Labute approximate surface area is 178 Å². The van der Waals surface area contributed by atoms with Crippen molar-refractivity contribution in [1.29, 1.82) is 0 Å². The Kier molecular flexibility index (Phi) is 4.20. The third-order valence-corrected chi connectivity index (χ3v) is 5.34. The molecular formula is C26H27NO2. The predicted molar refractivity (Wildman–Crippen MR) is 120 cm³/mol. The standard InChI is InChI=1S/C26H27NO2/c1-2-19-14-15-23(21-11-5-4-10-20(19)21)26(29)24-18-27(16-8-3-9-17-28)25-13-7-6-12-22(24)25/h4-7,10-15,18,28H,2-3,8-9,16-17H2,1H3/i6D,7D,12D,13D,18D. The van der Waals surface area contributed by atoms with Crippen molar-refractivity contribution < 1.29 is 16.8 Å². The van der Waals surface area contributed by atoms with Gasteiger partial charge in [0.25, 0.3) is 0 Å². The molecule has 3 aromatic carbocycles. The number of aliphatic hydroxyl groups excluding tert-OH is 1. The van der Waals surface area contributed by atoms with Crippen molar-refractivity contribution in [3.8, 4) is 0 Å². The highest BCUT2D eigenvalue weighted by atomic mass is 16.2. The second-order valence-electron chi connectivity index (χ2n) is 7.15. The molecule has 1 heterocycles. The second kappa shape index (κ2) is 8.62. The summed E-state index contributed by atoms with van der Waals surface area (Å²) in [7, 11) is 0. The lowest BCUT2D eigenvalue weighted by molar-refractivity contribution is 0.104. The van der Waals surface area contributed by atoms with Crippen LogP contribution in [0.2, 0.25) is 0 Å². The highest BCUT2D eigenvalue weighted by Crippen LogP contribution is 2.29. The van der Waals surface area contributed by atoms with Crippen LogP contribution in [0.3, 0.4) is 0 Å². The van der Waals surface area contributed by atoms with Gasteiger partial charge >= 0.3 is 0 Å². The summed E-state index contributed by atoms with van der Waals surface area (Å²) >= 11 is 0. The summed E-state index contributed by atoms with van der Waals surface area (Å²) in [6, 6.07) is 9.89. The lowest BCUT2D eigenvalue weighted by Crippen LogP contribution is -2.03. The average Bonchev–Trinajstić information content (AvgIpc) is 3.15. The van der Waals surface area contributed by atoms with E-state index in [9.17, 15) is 4.79 Å². The van der Waals surface area contributed by atoms with Gasteiger partial charge in [0.1, 0.15) is 0 Å². The van der Waals surface area contributed by atoms with Crippen LogP contribution >= 0.6 is 0 Å². The van der Waals surface area contributed by atoms with Crippen LogP contribution < -0.4 is 0 Å². The van der Waals surface area contributed by atoms with Crippen molar-refractivity contribution >= 4 is 27.5 Å². The van der Waals surface area contributed by atoms with Crippen molar-refractivity contribution in [2.75, 3.05) is 6.61 Å². The first kappa shape index (κ1) is 14.1. The Hall–Kier alpha value is -2.91. The van der Waals surface area contributed by atoms with Crippen LogP contribution in [0.25, 0.3) is 21.7 Å². The Balaban J connectivity index is 1.99. The van der Waals surface area contributed by atoms with Crippen molar-refractivity contribution in [2.24, 2.45) is 0 Å². The zero-order valence-corrected chi connectivity index (χ0v) is 16.5. The Bertz CT molecular complexity index is 1410. The fourth-order valence-corrected chi connectivity index (χ4v) is 3.83. The monoisotopic (exact) mass is 390 g/mol. The molecule has 4 rings (SSSR count). The summed E-state index contributed by atoms with van der Waals surface area (Å²) in [6.45, 7) is 2.43. The first-order valence-electron chi connectivity index (χ1n) is 12.6. The van der Waals surface area contributed by atoms with Crippen molar-refractivity contribution in [2.45, 2.75) is 39.2 Å². The number of para-hydroxylation sites is 1. The van der Waals surface area contributed by atoms with Gasteiger partial charge in [-0.1, -0.05) is 61.4 Å². The van der Waals surface area contributed by atoms with Crippen molar-refractivity contribution in [3.05, 3.63) is 83.4 Å². The highest BCUT2D eigenvalue weighted by Gasteiger charge is 2.19. The van der Waals surface area contributed by atoms with E-state index in [-0.39, 0.29) is 47.4 Å². The number of aryl methyl sites for hydroxylation is 2. The number of aromatic nitrogens is 1. The van der Waals surface area contributed by atoms with Crippen LogP contribution in [0.5, 0.6) is 0 Å². The molecule has 29 heavy (non-hydrogen) atoms. The molecule has 0 unspecified atom stereocenters. The smallest absolute Gasteiger partial charge is 0.195 e. The molecule has 0 amide bonds. The Morgan fingerprint density at radius 1 is 0.966 bits per heavy atom. The molecule has 0 bridgehead atoms. The maximum absolute atomic E-state index is 13.9. The van der Waals surface area contributed by atoms with Gasteiger partial charge in [-0.3, -0.25) is 4.79 Å². The number of fused-ring (bicyclic) bond motifs is 2. The van der Waals surface area contributed by atoms with E-state index in [1.165, 1.54) is 4.57 Å². The van der Waals surface area contributed by atoms with Crippen LogP contribution in [-0.4, -0.2) is 22.1 Å². The molecule has 0 saturated carbocycles. The molecule has 0 atom stereocenters. The average molecular weight is 391 g/mol. The summed E-state index contributed by atoms with van der Waals surface area (Å²) in [5.41, 5.74) is 1.69. The van der Waals surface area contributed by atoms with Crippen molar-refractivity contribution in [3.63, 3.8) is 0 Å². The number of benzene rings is 3. The number of ketones is 1. The van der Waals surface area contributed by atoms with E-state index in [1.807, 2.05) is 37.3 Å². The number of nitrogens with zero attached hydrogens (tertiary/aromatic N) is 1. The predicted octanol–water partition coefficient (Wildman–Crippen LogP) is 5.75. The fraction of sp³-hybridized carbons (Fsp3) is 0.269. The summed E-state index contributed by atoms with van der Waals surface area (Å²) in [5, 5.41) is 10.9. The molecule has 1 N–H and O–H groups in total. The number of aliphatic hydroxyl groups is 1. The van der Waals surface area contributed by atoms with Gasteiger partial charge < -0.3 is 9.67 Å². The van der Waals surface area contributed by atoms with E-state index in [0.717, 1.165) is 22.8 Å². The molecule has 0 aliphatic rings. The first-order chi connectivity index (χ1) is 16.3. The maximum atomic E-state index is 13.9. The molecule has 0 fully saturated rings. The summed E-state index contributed by atoms with van der Waals surface area (Å²) in [6.07, 6.45) is 2.61. The van der Waals surface area contributed by atoms with Crippen LogP contribution in [0.4, 0.5) is 0 Å².